The van der Waals surface area contributed by atoms with Gasteiger partial charge < -0.3 is 15.4 Å². The molecule has 2 rings (SSSR count). The van der Waals surface area contributed by atoms with Crippen molar-refractivity contribution in [2.45, 2.75) is 11.3 Å². The largest absolute Gasteiger partial charge is 0.496 e. The maximum absolute atomic E-state index is 12.3. The number of nitrogens with one attached hydrogen (secondary N) is 3. The highest BCUT2D eigenvalue weighted by Gasteiger charge is 2.17. The van der Waals surface area contributed by atoms with Gasteiger partial charge in [-0.15, -0.1) is 24.0 Å². The second kappa shape index (κ2) is 13.1. The number of methoxy groups -OCH3 is 1. The van der Waals surface area contributed by atoms with Gasteiger partial charge in [-0.1, -0.05) is 24.3 Å². The van der Waals surface area contributed by atoms with Crippen LogP contribution in [-0.4, -0.2) is 53.1 Å². The Labute approximate surface area is 198 Å². The molecular formula is C19H26IN5O5S. The van der Waals surface area contributed by atoms with Crippen molar-refractivity contribution in [1.82, 2.24) is 15.4 Å². The lowest BCUT2D eigenvalue weighted by Gasteiger charge is -2.13. The molecule has 170 valence electrons. The van der Waals surface area contributed by atoms with E-state index in [2.05, 4.69) is 20.3 Å². The molecule has 31 heavy (non-hydrogen) atoms. The second-order valence-electron chi connectivity index (χ2n) is 6.14. The van der Waals surface area contributed by atoms with Gasteiger partial charge in [0.1, 0.15) is 5.75 Å². The van der Waals surface area contributed by atoms with E-state index in [0.29, 0.717) is 12.5 Å². The Morgan fingerprint density at radius 1 is 1.10 bits per heavy atom. The molecule has 2 aromatic rings. The van der Waals surface area contributed by atoms with E-state index in [9.17, 15) is 18.5 Å². The maximum atomic E-state index is 12.3. The van der Waals surface area contributed by atoms with Gasteiger partial charge in [-0.25, -0.2) is 13.1 Å². The number of guanidine groups is 1. The van der Waals surface area contributed by atoms with Crippen molar-refractivity contribution in [3.05, 3.63) is 64.2 Å². The number of ether oxygens (including phenoxy) is 1. The molecule has 10 nitrogen and oxygen atoms in total. The Morgan fingerprint density at radius 3 is 2.48 bits per heavy atom. The number of hydrogen-bond donors (Lipinski definition) is 3. The summed E-state index contributed by atoms with van der Waals surface area (Å²) in [6.07, 6.45) is 0.726. The summed E-state index contributed by atoms with van der Waals surface area (Å²) in [4.78, 5) is 14.1. The number of aliphatic imine (C=N–C) groups is 1. The molecule has 0 spiro atoms. The maximum Gasteiger partial charge on any atom is 0.270 e. The zero-order valence-corrected chi connectivity index (χ0v) is 20.3. The number of hydrogen-bond acceptors (Lipinski definition) is 6. The van der Waals surface area contributed by atoms with E-state index in [4.69, 9.17) is 4.74 Å². The van der Waals surface area contributed by atoms with Crippen molar-refractivity contribution < 1.29 is 18.1 Å². The standard InChI is InChI=1S/C19H25N5O5S.HI/c1-20-19(21-11-10-15-6-3-4-9-18(15)29-2)22-12-13-23-30(27,28)17-8-5-7-16(14-17)24(25)26;/h3-9,14,23H,10-13H2,1-2H3,(H2,20,21,22);1H. The molecule has 0 aromatic heterocycles. The first-order valence-corrected chi connectivity index (χ1v) is 10.7. The van der Waals surface area contributed by atoms with E-state index in [1.807, 2.05) is 24.3 Å². The van der Waals surface area contributed by atoms with E-state index in [0.717, 1.165) is 23.8 Å². The fraction of sp³-hybridized carbons (Fsp3) is 0.316. The van der Waals surface area contributed by atoms with Crippen LogP contribution >= 0.6 is 24.0 Å². The topological polar surface area (TPSA) is 135 Å². The van der Waals surface area contributed by atoms with Crippen LogP contribution in [0, 0.1) is 10.1 Å². The molecule has 0 saturated carbocycles. The minimum atomic E-state index is -3.85. The van der Waals surface area contributed by atoms with Gasteiger partial charge in [0, 0.05) is 38.8 Å². The van der Waals surface area contributed by atoms with E-state index in [1.54, 1.807) is 14.2 Å². The molecule has 0 fully saturated rings. The summed E-state index contributed by atoms with van der Waals surface area (Å²) >= 11 is 0. The monoisotopic (exact) mass is 563 g/mol. The predicted octanol–water partition coefficient (Wildman–Crippen LogP) is 1.91. The van der Waals surface area contributed by atoms with Crippen LogP contribution in [0.3, 0.4) is 0 Å². The summed E-state index contributed by atoms with van der Waals surface area (Å²) in [5.41, 5.74) is 0.781. The highest BCUT2D eigenvalue weighted by molar-refractivity contribution is 14.0. The summed E-state index contributed by atoms with van der Waals surface area (Å²) in [6.45, 7) is 0.972. The van der Waals surface area contributed by atoms with E-state index >= 15 is 0 Å². The number of non-ortho nitro benzene ring substituents is 1. The average Bonchev–Trinajstić information content (AvgIpc) is 2.75. The number of nitrogens with zero attached hydrogens (tertiary/aromatic N) is 2. The second-order valence-corrected chi connectivity index (χ2v) is 7.91. The van der Waals surface area contributed by atoms with Gasteiger partial charge >= 0.3 is 0 Å². The van der Waals surface area contributed by atoms with Gasteiger partial charge in [-0.05, 0) is 24.1 Å². The van der Waals surface area contributed by atoms with Crippen LogP contribution in [0.4, 0.5) is 5.69 Å². The predicted molar refractivity (Wildman–Crippen MR) is 130 cm³/mol. The molecule has 0 amide bonds. The minimum absolute atomic E-state index is 0. The summed E-state index contributed by atoms with van der Waals surface area (Å²) in [5, 5.41) is 17.0. The SMILES string of the molecule is CN=C(NCCNS(=O)(=O)c1cccc([N+](=O)[O-])c1)NCCc1ccccc1OC.I. The van der Waals surface area contributed by atoms with E-state index < -0.39 is 14.9 Å². The normalized spacial score (nSPS) is 11.4. The fourth-order valence-electron chi connectivity index (χ4n) is 2.66. The molecule has 0 radical (unpaired) electrons. The molecule has 0 aliphatic rings. The number of sulfonamides is 1. The molecule has 0 bridgehead atoms. The Morgan fingerprint density at radius 2 is 1.81 bits per heavy atom. The highest BCUT2D eigenvalue weighted by Crippen LogP contribution is 2.17. The number of rotatable bonds is 10. The number of halogens is 1. The highest BCUT2D eigenvalue weighted by atomic mass is 127. The molecule has 0 atom stereocenters. The molecule has 0 aliphatic heterocycles. The molecule has 0 unspecified atom stereocenters. The zero-order valence-electron chi connectivity index (χ0n) is 17.2. The third-order valence-electron chi connectivity index (χ3n) is 4.15. The Hall–Kier alpha value is -2.45. The van der Waals surface area contributed by atoms with Crippen LogP contribution in [0.2, 0.25) is 0 Å². The van der Waals surface area contributed by atoms with E-state index in [1.165, 1.54) is 18.2 Å². The third kappa shape index (κ3) is 8.30. The molecule has 2 aromatic carbocycles. The first-order chi connectivity index (χ1) is 14.4. The van der Waals surface area contributed by atoms with Crippen LogP contribution in [0.15, 0.2) is 58.4 Å². The van der Waals surface area contributed by atoms with Crippen LogP contribution in [0.25, 0.3) is 0 Å². The van der Waals surface area contributed by atoms with E-state index in [-0.39, 0.29) is 47.6 Å². The molecule has 12 heteroatoms. The summed E-state index contributed by atoms with van der Waals surface area (Å²) < 4.78 is 32.3. The molecule has 0 heterocycles. The van der Waals surface area contributed by atoms with Gasteiger partial charge in [0.25, 0.3) is 5.69 Å². The summed E-state index contributed by atoms with van der Waals surface area (Å²) in [7, 11) is -0.607. The lowest BCUT2D eigenvalue weighted by Crippen LogP contribution is -2.42. The van der Waals surface area contributed by atoms with Crippen molar-refractivity contribution in [2.24, 2.45) is 4.99 Å². The molecular weight excluding hydrogens is 537 g/mol. The number of para-hydroxylation sites is 1. The number of nitro benzene ring substituents is 1. The van der Waals surface area contributed by atoms with Crippen molar-refractivity contribution in [2.75, 3.05) is 33.8 Å². The van der Waals surface area contributed by atoms with Crippen LogP contribution < -0.4 is 20.1 Å². The number of benzene rings is 2. The van der Waals surface area contributed by atoms with Gasteiger partial charge in [0.05, 0.1) is 16.9 Å². The van der Waals surface area contributed by atoms with Crippen molar-refractivity contribution in [3.8, 4) is 5.75 Å². The van der Waals surface area contributed by atoms with Gasteiger partial charge in [-0.2, -0.15) is 0 Å². The lowest BCUT2D eigenvalue weighted by molar-refractivity contribution is -0.385. The average molecular weight is 563 g/mol. The van der Waals surface area contributed by atoms with Gasteiger partial charge in [0.15, 0.2) is 5.96 Å². The van der Waals surface area contributed by atoms with Crippen LogP contribution in [0.1, 0.15) is 5.56 Å². The van der Waals surface area contributed by atoms with Gasteiger partial charge in [-0.3, -0.25) is 15.1 Å². The Balaban J connectivity index is 0.00000480. The summed E-state index contributed by atoms with van der Waals surface area (Å²) in [5.74, 6) is 1.34. The summed E-state index contributed by atoms with van der Waals surface area (Å²) in [6, 6.07) is 12.6. The van der Waals surface area contributed by atoms with Crippen molar-refractivity contribution in [3.63, 3.8) is 0 Å². The zero-order chi connectivity index (χ0) is 22.0. The fourth-order valence-corrected chi connectivity index (χ4v) is 3.73. The lowest BCUT2D eigenvalue weighted by atomic mass is 10.1. The Kier molecular flexibility index (Phi) is 11.2. The first kappa shape index (κ1) is 26.6. The smallest absolute Gasteiger partial charge is 0.270 e. The van der Waals surface area contributed by atoms with Crippen LogP contribution in [-0.2, 0) is 16.4 Å². The minimum Gasteiger partial charge on any atom is -0.496 e. The van der Waals surface area contributed by atoms with Crippen molar-refractivity contribution >= 4 is 45.6 Å². The first-order valence-electron chi connectivity index (χ1n) is 9.18. The molecule has 0 aliphatic carbocycles. The Bertz CT molecular complexity index is 1000. The van der Waals surface area contributed by atoms with Gasteiger partial charge in [0.2, 0.25) is 10.0 Å². The third-order valence-corrected chi connectivity index (χ3v) is 5.61. The van der Waals surface area contributed by atoms with Crippen molar-refractivity contribution in [1.29, 1.82) is 0 Å². The quantitative estimate of drug-likeness (QED) is 0.100. The number of nitro groups is 1. The van der Waals surface area contributed by atoms with Crippen LogP contribution in [0.5, 0.6) is 5.75 Å². The molecule has 3 N–H and O–H groups in total. The molecule has 0 saturated heterocycles.